The van der Waals surface area contributed by atoms with Gasteiger partial charge in [0.2, 0.25) is 5.91 Å². The second-order valence-electron chi connectivity index (χ2n) is 7.52. The van der Waals surface area contributed by atoms with Crippen molar-refractivity contribution in [2.24, 2.45) is 5.84 Å². The normalized spacial score (nSPS) is 11.7. The van der Waals surface area contributed by atoms with Crippen LogP contribution in [-0.2, 0) is 33.9 Å². The molecule has 1 amide bonds. The van der Waals surface area contributed by atoms with Gasteiger partial charge in [-0.05, 0) is 42.5 Å². The van der Waals surface area contributed by atoms with Gasteiger partial charge in [-0.15, -0.1) is 0 Å². The molecule has 1 aromatic heterocycles. The molecule has 0 radical (unpaired) electrons. The number of aromatic nitrogens is 2. The topological polar surface area (TPSA) is 111 Å². The first-order valence-electron chi connectivity index (χ1n) is 10.5. The van der Waals surface area contributed by atoms with E-state index in [1.54, 1.807) is 36.8 Å². The predicted octanol–water partition coefficient (Wildman–Crippen LogP) is 2.82. The highest BCUT2D eigenvalue weighted by Gasteiger charge is 2.28. The summed E-state index contributed by atoms with van der Waals surface area (Å²) in [5.41, 5.74) is 1.76. The lowest BCUT2D eigenvalue weighted by Gasteiger charge is -2.26. The molecular weight excluding hydrogens is 408 g/mol. The van der Waals surface area contributed by atoms with Crippen LogP contribution in [0, 0.1) is 0 Å². The van der Waals surface area contributed by atoms with Crippen molar-refractivity contribution >= 4 is 11.9 Å². The third-order valence-electron chi connectivity index (χ3n) is 5.14. The fraction of sp³-hybridized carbons (Fsp3) is 0.292. The van der Waals surface area contributed by atoms with E-state index in [0.29, 0.717) is 25.8 Å². The highest BCUT2D eigenvalue weighted by atomic mass is 16.5. The molecule has 0 saturated carbocycles. The van der Waals surface area contributed by atoms with E-state index in [-0.39, 0.29) is 24.7 Å². The van der Waals surface area contributed by atoms with Gasteiger partial charge in [0.05, 0.1) is 6.33 Å². The zero-order valence-electron chi connectivity index (χ0n) is 17.8. The first kappa shape index (κ1) is 23.0. The summed E-state index contributed by atoms with van der Waals surface area (Å²) in [7, 11) is 0. The van der Waals surface area contributed by atoms with Crippen LogP contribution in [0.2, 0.25) is 0 Å². The SMILES string of the molecule is NN(C(=O)CCc1ccc(O)cc1)C(CCCn1ccnc1)C(=O)OCc1ccccc1. The standard InChI is InChI=1S/C24H28N4O4/c25-28(23(30)13-10-19-8-11-21(29)12-9-19)22(7-4-15-27-16-14-26-18-27)24(31)32-17-20-5-2-1-3-6-20/h1-3,5-6,8-9,11-12,14,16,18,22,29H,4,7,10,13,15,17,25H2. The quantitative estimate of drug-likeness (QED) is 0.207. The van der Waals surface area contributed by atoms with Gasteiger partial charge in [0.25, 0.3) is 0 Å². The fourth-order valence-electron chi connectivity index (χ4n) is 3.30. The summed E-state index contributed by atoms with van der Waals surface area (Å²) >= 11 is 0. The van der Waals surface area contributed by atoms with Crippen molar-refractivity contribution in [3.8, 4) is 5.75 Å². The third-order valence-corrected chi connectivity index (χ3v) is 5.14. The summed E-state index contributed by atoms with van der Waals surface area (Å²) in [5, 5.41) is 10.4. The van der Waals surface area contributed by atoms with Crippen molar-refractivity contribution in [1.29, 1.82) is 0 Å². The number of carbonyl (C=O) groups is 2. The molecular formula is C24H28N4O4. The van der Waals surface area contributed by atoms with E-state index in [1.165, 1.54) is 0 Å². The van der Waals surface area contributed by atoms with Crippen LogP contribution in [0.1, 0.15) is 30.4 Å². The Bertz CT molecular complexity index is 975. The summed E-state index contributed by atoms with van der Waals surface area (Å²) in [6.07, 6.45) is 6.82. The van der Waals surface area contributed by atoms with E-state index in [4.69, 9.17) is 10.6 Å². The van der Waals surface area contributed by atoms with Crippen LogP contribution in [-0.4, -0.2) is 37.6 Å². The van der Waals surface area contributed by atoms with Crippen molar-refractivity contribution in [1.82, 2.24) is 14.6 Å². The van der Waals surface area contributed by atoms with Crippen LogP contribution >= 0.6 is 0 Å². The molecule has 3 aromatic rings. The van der Waals surface area contributed by atoms with E-state index < -0.39 is 12.0 Å². The molecule has 1 atom stereocenters. The molecule has 0 bridgehead atoms. The Hall–Kier alpha value is -3.65. The van der Waals surface area contributed by atoms with Crippen LogP contribution in [0.25, 0.3) is 0 Å². The number of aryl methyl sites for hydroxylation is 2. The summed E-state index contributed by atoms with van der Waals surface area (Å²) in [6, 6.07) is 15.1. The smallest absolute Gasteiger partial charge is 0.330 e. The number of hydrogen-bond acceptors (Lipinski definition) is 6. The number of ether oxygens (including phenoxy) is 1. The van der Waals surface area contributed by atoms with Crippen molar-refractivity contribution in [3.05, 3.63) is 84.4 Å². The zero-order valence-corrected chi connectivity index (χ0v) is 17.8. The van der Waals surface area contributed by atoms with Gasteiger partial charge >= 0.3 is 5.97 Å². The fourth-order valence-corrected chi connectivity index (χ4v) is 3.30. The number of phenolic OH excluding ortho intramolecular Hbond substituents is 1. The molecule has 1 unspecified atom stereocenters. The van der Waals surface area contributed by atoms with Crippen molar-refractivity contribution in [3.63, 3.8) is 0 Å². The number of benzene rings is 2. The Balaban J connectivity index is 1.59. The number of hydrazine groups is 1. The molecule has 0 aliphatic carbocycles. The molecule has 3 rings (SSSR count). The minimum atomic E-state index is -0.880. The second kappa shape index (κ2) is 11.7. The monoisotopic (exact) mass is 436 g/mol. The summed E-state index contributed by atoms with van der Waals surface area (Å²) in [4.78, 5) is 29.6. The summed E-state index contributed by atoms with van der Waals surface area (Å²) < 4.78 is 7.37. The molecule has 0 aliphatic rings. The molecule has 0 spiro atoms. The zero-order chi connectivity index (χ0) is 22.8. The largest absolute Gasteiger partial charge is 0.508 e. The molecule has 8 nitrogen and oxygen atoms in total. The van der Waals surface area contributed by atoms with Crippen molar-refractivity contribution in [2.45, 2.75) is 44.9 Å². The number of amides is 1. The Morgan fingerprint density at radius 3 is 2.53 bits per heavy atom. The number of carbonyl (C=O) groups excluding carboxylic acids is 2. The van der Waals surface area contributed by atoms with Crippen LogP contribution < -0.4 is 5.84 Å². The Labute approximate surface area is 187 Å². The molecule has 0 saturated heterocycles. The number of hydrogen-bond donors (Lipinski definition) is 2. The van der Waals surface area contributed by atoms with Gasteiger partial charge in [0.1, 0.15) is 18.4 Å². The van der Waals surface area contributed by atoms with Crippen molar-refractivity contribution < 1.29 is 19.4 Å². The number of esters is 1. The summed E-state index contributed by atoms with van der Waals surface area (Å²) in [5.74, 6) is 5.40. The number of aromatic hydroxyl groups is 1. The van der Waals surface area contributed by atoms with Gasteiger partial charge in [-0.1, -0.05) is 42.5 Å². The number of rotatable bonds is 11. The van der Waals surface area contributed by atoms with Crippen molar-refractivity contribution in [2.75, 3.05) is 0 Å². The van der Waals surface area contributed by atoms with Crippen LogP contribution in [0.5, 0.6) is 5.75 Å². The van der Waals surface area contributed by atoms with Gasteiger partial charge in [-0.2, -0.15) is 0 Å². The molecule has 8 heteroatoms. The van der Waals surface area contributed by atoms with E-state index in [0.717, 1.165) is 16.1 Å². The second-order valence-corrected chi connectivity index (χ2v) is 7.52. The predicted molar refractivity (Wildman–Crippen MR) is 119 cm³/mol. The van der Waals surface area contributed by atoms with Gasteiger partial charge < -0.3 is 14.4 Å². The van der Waals surface area contributed by atoms with Gasteiger partial charge in [-0.25, -0.2) is 15.6 Å². The van der Waals surface area contributed by atoms with Crippen LogP contribution in [0.15, 0.2) is 73.3 Å². The van der Waals surface area contributed by atoms with E-state index >= 15 is 0 Å². The van der Waals surface area contributed by atoms with E-state index in [1.807, 2.05) is 41.1 Å². The maximum atomic E-state index is 12.8. The molecule has 32 heavy (non-hydrogen) atoms. The lowest BCUT2D eigenvalue weighted by Crippen LogP contribution is -2.50. The Kier molecular flexibility index (Phi) is 8.39. The number of phenols is 1. The average molecular weight is 437 g/mol. The number of nitrogens with two attached hydrogens (primary N) is 1. The number of nitrogens with zero attached hydrogens (tertiary/aromatic N) is 3. The minimum absolute atomic E-state index is 0.118. The molecule has 1 heterocycles. The third kappa shape index (κ3) is 6.95. The average Bonchev–Trinajstić information content (AvgIpc) is 3.33. The maximum absolute atomic E-state index is 12.8. The molecule has 0 aliphatic heterocycles. The van der Waals surface area contributed by atoms with Gasteiger partial charge in [-0.3, -0.25) is 9.80 Å². The highest BCUT2D eigenvalue weighted by molar-refractivity contribution is 5.84. The van der Waals surface area contributed by atoms with E-state index in [2.05, 4.69) is 4.98 Å². The minimum Gasteiger partial charge on any atom is -0.508 e. The Morgan fingerprint density at radius 2 is 1.84 bits per heavy atom. The van der Waals surface area contributed by atoms with Crippen LogP contribution in [0.4, 0.5) is 0 Å². The molecule has 0 fully saturated rings. The van der Waals surface area contributed by atoms with Crippen LogP contribution in [0.3, 0.4) is 0 Å². The van der Waals surface area contributed by atoms with Gasteiger partial charge in [0.15, 0.2) is 0 Å². The molecule has 2 aromatic carbocycles. The highest BCUT2D eigenvalue weighted by Crippen LogP contribution is 2.14. The van der Waals surface area contributed by atoms with Gasteiger partial charge in [0, 0.05) is 25.4 Å². The first-order chi connectivity index (χ1) is 15.5. The van der Waals surface area contributed by atoms with E-state index in [9.17, 15) is 14.7 Å². The lowest BCUT2D eigenvalue weighted by atomic mass is 10.1. The molecule has 3 N–H and O–H groups in total. The lowest BCUT2D eigenvalue weighted by molar-refractivity contribution is -0.157. The number of imidazole rings is 1. The summed E-state index contributed by atoms with van der Waals surface area (Å²) in [6.45, 7) is 0.769. The Morgan fingerprint density at radius 1 is 1.09 bits per heavy atom. The maximum Gasteiger partial charge on any atom is 0.330 e. The molecule has 168 valence electrons. The first-order valence-corrected chi connectivity index (χ1v) is 10.5.